The van der Waals surface area contributed by atoms with Gasteiger partial charge >= 0.3 is 0 Å². The van der Waals surface area contributed by atoms with E-state index in [1.54, 1.807) is 32.2 Å². The van der Waals surface area contributed by atoms with Crippen LogP contribution < -0.4 is 20.3 Å². The summed E-state index contributed by atoms with van der Waals surface area (Å²) < 4.78 is 10.9. The average Bonchev–Trinajstić information content (AvgIpc) is 2.68. The van der Waals surface area contributed by atoms with E-state index in [0.717, 1.165) is 16.7 Å². The van der Waals surface area contributed by atoms with Gasteiger partial charge in [-0.05, 0) is 50.1 Å². The Morgan fingerprint density at radius 1 is 1.00 bits per heavy atom. The molecular weight excluding hydrogens is 344 g/mol. The van der Waals surface area contributed by atoms with E-state index in [0.29, 0.717) is 11.5 Å². The van der Waals surface area contributed by atoms with Crippen LogP contribution in [0.5, 0.6) is 11.5 Å². The Morgan fingerprint density at radius 3 is 2.44 bits per heavy atom. The molecule has 27 heavy (non-hydrogen) atoms. The van der Waals surface area contributed by atoms with Gasteiger partial charge in [-0.15, -0.1) is 0 Å². The fourth-order valence-electron chi connectivity index (χ4n) is 2.33. The summed E-state index contributed by atoms with van der Waals surface area (Å²) in [7, 11) is 1.56. The molecule has 1 atom stereocenters. The summed E-state index contributed by atoms with van der Waals surface area (Å²) in [6, 6.07) is 12.9. The quantitative estimate of drug-likeness (QED) is 0.607. The molecule has 6 heteroatoms. The number of methoxy groups -OCH3 is 1. The molecule has 0 aliphatic heterocycles. The molecule has 0 saturated carbocycles. The van der Waals surface area contributed by atoms with Gasteiger partial charge in [-0.1, -0.05) is 30.3 Å². The third-order valence-corrected chi connectivity index (χ3v) is 4.09. The highest BCUT2D eigenvalue weighted by Crippen LogP contribution is 2.21. The number of hydrogen-bond acceptors (Lipinski definition) is 4. The zero-order chi connectivity index (χ0) is 19.8. The summed E-state index contributed by atoms with van der Waals surface area (Å²) in [5.74, 6) is 0.379. The molecule has 2 amide bonds. The SMILES string of the molecule is COc1ccccc1/C=C/C(=O)NNC(=O)[C@H](C)Oc1cccc(C)c1C. The number of hydrogen-bond donors (Lipinski definition) is 2. The molecule has 0 radical (unpaired) electrons. The minimum atomic E-state index is -0.760. The number of carbonyl (C=O) groups is 2. The van der Waals surface area contributed by atoms with Crippen molar-refractivity contribution in [3.05, 3.63) is 65.2 Å². The van der Waals surface area contributed by atoms with Crippen molar-refractivity contribution in [1.29, 1.82) is 0 Å². The van der Waals surface area contributed by atoms with Gasteiger partial charge in [0, 0.05) is 11.6 Å². The molecule has 2 N–H and O–H groups in total. The van der Waals surface area contributed by atoms with E-state index >= 15 is 0 Å². The number of nitrogens with one attached hydrogen (secondary N) is 2. The first-order chi connectivity index (χ1) is 12.9. The Labute approximate surface area is 159 Å². The number of hydrazine groups is 1. The summed E-state index contributed by atoms with van der Waals surface area (Å²) in [6.45, 7) is 5.52. The highest BCUT2D eigenvalue weighted by atomic mass is 16.5. The minimum Gasteiger partial charge on any atom is -0.496 e. The number of amides is 2. The lowest BCUT2D eigenvalue weighted by Crippen LogP contribution is -2.46. The van der Waals surface area contributed by atoms with E-state index in [9.17, 15) is 9.59 Å². The highest BCUT2D eigenvalue weighted by molar-refractivity contribution is 5.93. The van der Waals surface area contributed by atoms with Gasteiger partial charge in [0.1, 0.15) is 11.5 Å². The standard InChI is InChI=1S/C21H24N2O4/c1-14-8-7-11-18(15(14)2)27-16(3)21(25)23-22-20(24)13-12-17-9-5-6-10-19(17)26-4/h5-13,16H,1-4H3,(H,22,24)(H,23,25)/b13-12+/t16-/m0/s1. The maximum absolute atomic E-state index is 12.1. The Hall–Kier alpha value is -3.28. The maximum Gasteiger partial charge on any atom is 0.279 e. The molecule has 0 bridgehead atoms. The highest BCUT2D eigenvalue weighted by Gasteiger charge is 2.16. The lowest BCUT2D eigenvalue weighted by atomic mass is 10.1. The minimum absolute atomic E-state index is 0.449. The summed E-state index contributed by atoms with van der Waals surface area (Å²) in [5, 5.41) is 0. The summed E-state index contributed by atoms with van der Waals surface area (Å²) in [4.78, 5) is 24.0. The molecule has 2 aromatic carbocycles. The van der Waals surface area contributed by atoms with Crippen molar-refractivity contribution in [2.45, 2.75) is 26.9 Å². The molecule has 0 fully saturated rings. The van der Waals surface area contributed by atoms with Crippen molar-refractivity contribution in [1.82, 2.24) is 10.9 Å². The average molecular weight is 368 g/mol. The Bertz CT molecular complexity index is 846. The molecule has 6 nitrogen and oxygen atoms in total. The molecule has 0 aliphatic rings. The monoisotopic (exact) mass is 368 g/mol. The first-order valence-electron chi connectivity index (χ1n) is 8.56. The van der Waals surface area contributed by atoms with Gasteiger partial charge in [-0.3, -0.25) is 20.4 Å². The Balaban J connectivity index is 1.88. The summed E-state index contributed by atoms with van der Waals surface area (Å²) in [6.07, 6.45) is 2.16. The normalized spacial score (nSPS) is 11.7. The second kappa shape index (κ2) is 9.43. The van der Waals surface area contributed by atoms with Crippen molar-refractivity contribution >= 4 is 17.9 Å². The first kappa shape index (κ1) is 20.0. The van der Waals surface area contributed by atoms with Crippen LogP contribution in [0.4, 0.5) is 0 Å². The summed E-state index contributed by atoms with van der Waals surface area (Å²) in [5.41, 5.74) is 7.50. The van der Waals surface area contributed by atoms with E-state index in [2.05, 4.69) is 10.9 Å². The van der Waals surface area contributed by atoms with Crippen molar-refractivity contribution in [2.24, 2.45) is 0 Å². The van der Waals surface area contributed by atoms with E-state index in [1.165, 1.54) is 6.08 Å². The number of aryl methyl sites for hydroxylation is 1. The molecule has 2 rings (SSSR count). The van der Waals surface area contributed by atoms with Gasteiger partial charge in [-0.2, -0.15) is 0 Å². The van der Waals surface area contributed by atoms with E-state index in [4.69, 9.17) is 9.47 Å². The second-order valence-electron chi connectivity index (χ2n) is 6.01. The van der Waals surface area contributed by atoms with E-state index in [1.807, 2.05) is 44.2 Å². The maximum atomic E-state index is 12.1. The van der Waals surface area contributed by atoms with E-state index in [-0.39, 0.29) is 0 Å². The third kappa shape index (κ3) is 5.60. The lowest BCUT2D eigenvalue weighted by molar-refractivity contribution is -0.131. The largest absolute Gasteiger partial charge is 0.496 e. The zero-order valence-corrected chi connectivity index (χ0v) is 15.9. The van der Waals surface area contributed by atoms with Gasteiger partial charge in [0.25, 0.3) is 11.8 Å². The molecule has 0 aromatic heterocycles. The predicted octanol–water partition coefficient (Wildman–Crippen LogP) is 2.94. The fraction of sp³-hybridized carbons (Fsp3) is 0.238. The molecule has 0 saturated heterocycles. The number of rotatable bonds is 6. The predicted molar refractivity (Wildman–Crippen MR) is 104 cm³/mol. The van der Waals surface area contributed by atoms with Crippen LogP contribution in [0.15, 0.2) is 48.5 Å². The molecule has 2 aromatic rings. The van der Waals surface area contributed by atoms with Crippen molar-refractivity contribution < 1.29 is 19.1 Å². The number of ether oxygens (including phenoxy) is 2. The molecule has 0 unspecified atom stereocenters. The van der Waals surface area contributed by atoms with Crippen molar-refractivity contribution in [3.63, 3.8) is 0 Å². The second-order valence-corrected chi connectivity index (χ2v) is 6.01. The van der Waals surface area contributed by atoms with Crippen LogP contribution in [-0.2, 0) is 9.59 Å². The number of para-hydroxylation sites is 1. The fourth-order valence-corrected chi connectivity index (χ4v) is 2.33. The van der Waals surface area contributed by atoms with Crippen LogP contribution in [0.25, 0.3) is 6.08 Å². The lowest BCUT2D eigenvalue weighted by Gasteiger charge is -2.17. The molecule has 0 heterocycles. The summed E-state index contributed by atoms with van der Waals surface area (Å²) >= 11 is 0. The van der Waals surface area contributed by atoms with Gasteiger partial charge in [0.15, 0.2) is 6.10 Å². The Kier molecular flexibility index (Phi) is 7.00. The number of benzene rings is 2. The van der Waals surface area contributed by atoms with Crippen LogP contribution in [0, 0.1) is 13.8 Å². The van der Waals surface area contributed by atoms with Crippen LogP contribution in [0.3, 0.4) is 0 Å². The van der Waals surface area contributed by atoms with Crippen LogP contribution in [-0.4, -0.2) is 25.0 Å². The van der Waals surface area contributed by atoms with Crippen LogP contribution >= 0.6 is 0 Å². The molecule has 0 spiro atoms. The molecule has 142 valence electrons. The van der Waals surface area contributed by atoms with Gasteiger partial charge < -0.3 is 9.47 Å². The van der Waals surface area contributed by atoms with Gasteiger partial charge in [0.2, 0.25) is 0 Å². The smallest absolute Gasteiger partial charge is 0.279 e. The van der Waals surface area contributed by atoms with E-state index < -0.39 is 17.9 Å². The van der Waals surface area contributed by atoms with Crippen molar-refractivity contribution in [2.75, 3.05) is 7.11 Å². The Morgan fingerprint density at radius 2 is 1.70 bits per heavy atom. The molecule has 0 aliphatic carbocycles. The molecular formula is C21H24N2O4. The van der Waals surface area contributed by atoms with Gasteiger partial charge in [0.05, 0.1) is 7.11 Å². The topological polar surface area (TPSA) is 76.7 Å². The first-order valence-corrected chi connectivity index (χ1v) is 8.56. The van der Waals surface area contributed by atoms with Crippen LogP contribution in [0.1, 0.15) is 23.6 Å². The zero-order valence-electron chi connectivity index (χ0n) is 15.9. The van der Waals surface area contributed by atoms with Crippen LogP contribution in [0.2, 0.25) is 0 Å². The number of carbonyl (C=O) groups excluding carboxylic acids is 2. The third-order valence-electron chi connectivity index (χ3n) is 4.09. The van der Waals surface area contributed by atoms with Gasteiger partial charge in [-0.25, -0.2) is 0 Å². The van der Waals surface area contributed by atoms with Crippen molar-refractivity contribution in [3.8, 4) is 11.5 Å².